The lowest BCUT2D eigenvalue weighted by molar-refractivity contribution is -0.140. The Balaban J connectivity index is 1.32. The van der Waals surface area contributed by atoms with Crippen molar-refractivity contribution < 1.29 is 14.6 Å². The number of nitrogens with zero attached hydrogens (tertiary/aromatic N) is 2. The first-order valence-corrected chi connectivity index (χ1v) is 17.3. The molecule has 1 aliphatic heterocycles. The third-order valence-electron chi connectivity index (χ3n) is 8.13. The van der Waals surface area contributed by atoms with E-state index in [1.165, 1.54) is 32.6 Å². The van der Waals surface area contributed by atoms with Crippen molar-refractivity contribution >= 4 is 52.0 Å². The predicted octanol–water partition coefficient (Wildman–Crippen LogP) is 9.36. The summed E-state index contributed by atoms with van der Waals surface area (Å²) in [4.78, 5) is 17.7. The summed E-state index contributed by atoms with van der Waals surface area (Å²) >= 11 is 9.82. The maximum absolute atomic E-state index is 11.7. The Morgan fingerprint density at radius 1 is 1.09 bits per heavy atom. The number of carboxylic acid groups (broad SMARTS) is 1. The highest BCUT2D eigenvalue weighted by Gasteiger charge is 2.29. The molecule has 1 unspecified atom stereocenters. The molecule has 3 aromatic carbocycles. The van der Waals surface area contributed by atoms with E-state index in [0.717, 1.165) is 39.8 Å². The molecule has 1 N–H and O–H groups in total. The molecule has 1 aliphatic rings. The number of carbonyl (C=O) groups is 1. The first-order chi connectivity index (χ1) is 21.4. The zero-order valence-electron chi connectivity index (χ0n) is 24.8. The van der Waals surface area contributed by atoms with Gasteiger partial charge in [0, 0.05) is 61.6 Å². The summed E-state index contributed by atoms with van der Waals surface area (Å²) < 4.78 is 8.88. The second-order valence-electron chi connectivity index (χ2n) is 11.2. The molecule has 5 nitrogen and oxygen atoms in total. The number of hydrogen-bond acceptors (Lipinski definition) is 5. The van der Waals surface area contributed by atoms with Gasteiger partial charge in [-0.3, -0.25) is 9.78 Å². The van der Waals surface area contributed by atoms with Crippen molar-refractivity contribution in [2.24, 2.45) is 5.92 Å². The summed E-state index contributed by atoms with van der Waals surface area (Å²) in [6.07, 6.45) is 3.45. The zero-order chi connectivity index (χ0) is 30.6. The van der Waals surface area contributed by atoms with Crippen molar-refractivity contribution in [3.05, 3.63) is 113 Å². The average molecular weight is 643 g/mol. The molecule has 226 valence electrons. The number of aliphatic carboxylic acids is 1. The molecule has 8 heteroatoms. The molecule has 2 atom stereocenters. The van der Waals surface area contributed by atoms with E-state index < -0.39 is 5.97 Å². The highest BCUT2D eigenvalue weighted by molar-refractivity contribution is 8.00. The zero-order valence-corrected chi connectivity index (χ0v) is 27.2. The normalized spacial score (nSPS) is 14.9. The van der Waals surface area contributed by atoms with Crippen LogP contribution in [0.2, 0.25) is 5.02 Å². The van der Waals surface area contributed by atoms with Crippen LogP contribution in [0, 0.1) is 5.92 Å². The average Bonchev–Trinajstić information content (AvgIpc) is 3.32. The van der Waals surface area contributed by atoms with E-state index in [9.17, 15) is 9.90 Å². The Labute approximate surface area is 272 Å². The standard InChI is InChI=1S/C36H35ClN2O3S2/c1-3-25(36(40)41)21-43-22-32-35-34-30(17-23(2)44-35)33(16-15-31(34)39(32)19-24-9-12-28(37)13-10-24)42-20-29-14-11-27(18-38-29)26-7-5-4-6-8-26/h4-16,18,23,25H,3,17,19-22H2,1-2H3,(H,40,41)/t23?,25-/m0/s1. The predicted molar refractivity (Wildman–Crippen MR) is 183 cm³/mol. The van der Waals surface area contributed by atoms with Crippen LogP contribution in [0.5, 0.6) is 5.75 Å². The van der Waals surface area contributed by atoms with Crippen LogP contribution < -0.4 is 4.74 Å². The van der Waals surface area contributed by atoms with Crippen molar-refractivity contribution in [3.8, 4) is 16.9 Å². The highest BCUT2D eigenvalue weighted by Crippen LogP contribution is 2.48. The lowest BCUT2D eigenvalue weighted by atomic mass is 10.0. The lowest BCUT2D eigenvalue weighted by Crippen LogP contribution is -2.15. The number of halogens is 1. The van der Waals surface area contributed by atoms with Crippen molar-refractivity contribution in [2.45, 2.75) is 55.7 Å². The first kappa shape index (κ1) is 30.6. The second-order valence-corrected chi connectivity index (χ2v) is 14.1. The molecule has 2 aromatic heterocycles. The quantitative estimate of drug-likeness (QED) is 0.146. The Morgan fingerprint density at radius 3 is 2.59 bits per heavy atom. The van der Waals surface area contributed by atoms with Crippen molar-refractivity contribution in [2.75, 3.05) is 5.75 Å². The molecule has 0 saturated heterocycles. The summed E-state index contributed by atoms with van der Waals surface area (Å²) in [5.74, 6) is 1.17. The monoisotopic (exact) mass is 642 g/mol. The number of hydrogen-bond donors (Lipinski definition) is 1. The van der Waals surface area contributed by atoms with Gasteiger partial charge in [0.1, 0.15) is 12.4 Å². The lowest BCUT2D eigenvalue weighted by Gasteiger charge is -2.22. The third-order valence-corrected chi connectivity index (χ3v) is 10.7. The van der Waals surface area contributed by atoms with Gasteiger partial charge in [0.2, 0.25) is 0 Å². The molecule has 0 aliphatic carbocycles. The Kier molecular flexibility index (Phi) is 9.55. The van der Waals surface area contributed by atoms with E-state index in [1.54, 1.807) is 11.8 Å². The Hall–Kier alpha value is -3.39. The van der Waals surface area contributed by atoms with Crippen molar-refractivity contribution in [1.82, 2.24) is 9.55 Å². The van der Waals surface area contributed by atoms with Crippen LogP contribution in [0.15, 0.2) is 90.0 Å². The van der Waals surface area contributed by atoms with E-state index in [4.69, 9.17) is 16.3 Å². The van der Waals surface area contributed by atoms with E-state index in [0.29, 0.717) is 30.6 Å². The van der Waals surface area contributed by atoms with Gasteiger partial charge < -0.3 is 14.4 Å². The summed E-state index contributed by atoms with van der Waals surface area (Å²) in [6, 6.07) is 26.7. The molecule has 0 fully saturated rings. The summed E-state index contributed by atoms with van der Waals surface area (Å²) in [6.45, 7) is 5.32. The Morgan fingerprint density at radius 2 is 1.89 bits per heavy atom. The second kappa shape index (κ2) is 13.7. The minimum absolute atomic E-state index is 0.344. The maximum atomic E-state index is 11.7. The topological polar surface area (TPSA) is 64.4 Å². The number of pyridine rings is 1. The summed E-state index contributed by atoms with van der Waals surface area (Å²) in [5.41, 5.74) is 7.95. The third kappa shape index (κ3) is 6.65. The van der Waals surface area contributed by atoms with Crippen LogP contribution >= 0.6 is 35.1 Å². The van der Waals surface area contributed by atoms with Crippen LogP contribution in [-0.4, -0.2) is 31.6 Å². The van der Waals surface area contributed by atoms with Crippen LogP contribution in [0.25, 0.3) is 22.0 Å². The molecule has 0 saturated carbocycles. The van der Waals surface area contributed by atoms with Crippen LogP contribution in [0.4, 0.5) is 0 Å². The molecular weight excluding hydrogens is 608 g/mol. The van der Waals surface area contributed by atoms with Gasteiger partial charge in [-0.05, 0) is 54.3 Å². The van der Waals surface area contributed by atoms with Gasteiger partial charge in [0.25, 0.3) is 0 Å². The van der Waals surface area contributed by atoms with E-state index in [1.807, 2.05) is 61.3 Å². The molecule has 0 spiro atoms. The minimum Gasteiger partial charge on any atom is -0.487 e. The SMILES string of the molecule is CC[C@@H](CSCc1c2c3c(c(OCc4ccc(-c5ccccc5)cn4)ccc3n1Cc1ccc(Cl)cc1)CC(C)S2)C(=O)O. The van der Waals surface area contributed by atoms with E-state index in [-0.39, 0.29) is 5.92 Å². The number of carboxylic acids is 1. The number of thioether (sulfide) groups is 2. The van der Waals surface area contributed by atoms with E-state index in [2.05, 4.69) is 58.9 Å². The van der Waals surface area contributed by atoms with Crippen molar-refractivity contribution in [3.63, 3.8) is 0 Å². The molecule has 44 heavy (non-hydrogen) atoms. The van der Waals surface area contributed by atoms with Gasteiger partial charge in [-0.15, -0.1) is 11.8 Å². The molecule has 3 heterocycles. The van der Waals surface area contributed by atoms with Crippen LogP contribution in [0.1, 0.15) is 42.8 Å². The van der Waals surface area contributed by atoms with Gasteiger partial charge >= 0.3 is 5.97 Å². The smallest absolute Gasteiger partial charge is 0.307 e. The van der Waals surface area contributed by atoms with Gasteiger partial charge in [-0.1, -0.05) is 74.0 Å². The fourth-order valence-corrected chi connectivity index (χ4v) is 8.53. The van der Waals surface area contributed by atoms with Crippen molar-refractivity contribution in [1.29, 1.82) is 0 Å². The Bertz CT molecular complexity index is 1760. The first-order valence-electron chi connectivity index (χ1n) is 14.9. The largest absolute Gasteiger partial charge is 0.487 e. The number of rotatable bonds is 12. The fourth-order valence-electron chi connectivity index (χ4n) is 5.72. The molecule has 0 bridgehead atoms. The number of ether oxygens (including phenoxy) is 1. The molecule has 6 rings (SSSR count). The van der Waals surface area contributed by atoms with Crippen LogP contribution in [0.3, 0.4) is 0 Å². The summed E-state index contributed by atoms with van der Waals surface area (Å²) in [5, 5.41) is 12.0. The highest BCUT2D eigenvalue weighted by atomic mass is 35.5. The molecule has 0 amide bonds. The van der Waals surface area contributed by atoms with Crippen LogP contribution in [-0.2, 0) is 30.1 Å². The summed E-state index contributed by atoms with van der Waals surface area (Å²) in [7, 11) is 0. The maximum Gasteiger partial charge on any atom is 0.307 e. The molecule has 0 radical (unpaired) electrons. The number of benzene rings is 3. The van der Waals surface area contributed by atoms with Gasteiger partial charge in [0.05, 0.1) is 17.1 Å². The van der Waals surface area contributed by atoms with Gasteiger partial charge in [0.15, 0.2) is 0 Å². The van der Waals surface area contributed by atoms with Gasteiger partial charge in [-0.2, -0.15) is 11.8 Å². The minimum atomic E-state index is -0.723. The fraction of sp³-hybridized carbons (Fsp3) is 0.278. The number of aromatic nitrogens is 2. The molecular formula is C36H35ClN2O3S2. The van der Waals surface area contributed by atoms with Gasteiger partial charge in [-0.25, -0.2) is 0 Å². The van der Waals surface area contributed by atoms with E-state index >= 15 is 0 Å². The molecule has 5 aromatic rings.